The number of oxazole rings is 1. The van der Waals surface area contributed by atoms with Crippen molar-refractivity contribution in [1.82, 2.24) is 4.98 Å². The van der Waals surface area contributed by atoms with Crippen LogP contribution in [0.5, 0.6) is 0 Å². The lowest BCUT2D eigenvalue weighted by Crippen LogP contribution is -2.14. The summed E-state index contributed by atoms with van der Waals surface area (Å²) < 4.78 is 19.7. The molecule has 0 aliphatic carbocycles. The van der Waals surface area contributed by atoms with E-state index in [1.165, 1.54) is 12.6 Å². The summed E-state index contributed by atoms with van der Waals surface area (Å²) >= 11 is 0. The summed E-state index contributed by atoms with van der Waals surface area (Å²) in [5, 5.41) is 0. The van der Waals surface area contributed by atoms with Gasteiger partial charge >= 0.3 is 5.91 Å². The van der Waals surface area contributed by atoms with E-state index in [0.29, 0.717) is 5.69 Å². The highest BCUT2D eigenvalue weighted by Crippen LogP contribution is 2.18. The Balaban J connectivity index is 2.65. The van der Waals surface area contributed by atoms with Crippen LogP contribution in [0.15, 0.2) is 15.2 Å². The predicted octanol–water partition coefficient (Wildman–Crippen LogP) is 0.426. The van der Waals surface area contributed by atoms with Gasteiger partial charge in [-0.3, -0.25) is 4.79 Å². The highest BCUT2D eigenvalue weighted by Gasteiger charge is 2.25. The molecule has 1 aliphatic rings. The number of carbonyl (C=O) groups is 1. The van der Waals surface area contributed by atoms with E-state index in [-0.39, 0.29) is 11.5 Å². The quantitative estimate of drug-likeness (QED) is 0.588. The van der Waals surface area contributed by atoms with Crippen LogP contribution in [-0.2, 0) is 15.5 Å². The number of fused-ring (bicyclic) bond motifs is 1. The molecule has 64 valence electrons. The summed E-state index contributed by atoms with van der Waals surface area (Å²) in [6.07, 6.45) is 2.60. The van der Waals surface area contributed by atoms with Crippen LogP contribution in [-0.4, -0.2) is 21.4 Å². The maximum Gasteiger partial charge on any atom is 0.322 e. The SMILES string of the molecule is CS1(=O)=NC(=O)c2ocnc2C1. The molecule has 2 rings (SSSR count). The topological polar surface area (TPSA) is 72.5 Å². The van der Waals surface area contributed by atoms with Gasteiger partial charge in [0.05, 0.1) is 15.5 Å². The van der Waals surface area contributed by atoms with Gasteiger partial charge in [-0.25, -0.2) is 9.19 Å². The molecule has 0 spiro atoms. The molecular formula is C6H6N2O3S. The van der Waals surface area contributed by atoms with Crippen molar-refractivity contribution in [3.8, 4) is 0 Å². The van der Waals surface area contributed by atoms with Gasteiger partial charge in [-0.05, 0) is 0 Å². The minimum absolute atomic E-state index is 0.121. The van der Waals surface area contributed by atoms with E-state index in [4.69, 9.17) is 4.42 Å². The lowest BCUT2D eigenvalue weighted by Gasteiger charge is -2.06. The third-order valence-corrected chi connectivity index (χ3v) is 2.88. The van der Waals surface area contributed by atoms with Crippen molar-refractivity contribution in [3.63, 3.8) is 0 Å². The van der Waals surface area contributed by atoms with Gasteiger partial charge in [0.15, 0.2) is 6.39 Å². The molecule has 5 nitrogen and oxygen atoms in total. The summed E-state index contributed by atoms with van der Waals surface area (Å²) in [7, 11) is -2.41. The van der Waals surface area contributed by atoms with Crippen LogP contribution in [0, 0.1) is 0 Å². The summed E-state index contributed by atoms with van der Waals surface area (Å²) in [5.74, 6) is -0.248. The Bertz CT molecular complexity index is 453. The fourth-order valence-corrected chi connectivity index (χ4v) is 2.26. The second-order valence-electron chi connectivity index (χ2n) is 2.63. The van der Waals surface area contributed by atoms with Gasteiger partial charge in [0, 0.05) is 6.26 Å². The molecule has 1 unspecified atom stereocenters. The number of aromatic nitrogens is 1. The van der Waals surface area contributed by atoms with E-state index in [9.17, 15) is 9.00 Å². The maximum absolute atomic E-state index is 11.4. The van der Waals surface area contributed by atoms with Crippen molar-refractivity contribution < 1.29 is 13.4 Å². The second-order valence-corrected chi connectivity index (χ2v) is 5.02. The minimum Gasteiger partial charge on any atom is -0.438 e. The Morgan fingerprint density at radius 3 is 3.17 bits per heavy atom. The van der Waals surface area contributed by atoms with E-state index < -0.39 is 15.6 Å². The van der Waals surface area contributed by atoms with Crippen LogP contribution in [0.4, 0.5) is 0 Å². The van der Waals surface area contributed by atoms with Gasteiger partial charge in [0.25, 0.3) is 0 Å². The molecule has 1 atom stereocenters. The molecule has 0 saturated carbocycles. The monoisotopic (exact) mass is 186 g/mol. The van der Waals surface area contributed by atoms with Crippen molar-refractivity contribution in [2.45, 2.75) is 5.75 Å². The van der Waals surface area contributed by atoms with Gasteiger partial charge in [0.1, 0.15) is 5.69 Å². The number of carbonyl (C=O) groups excluding carboxylic acids is 1. The Kier molecular flexibility index (Phi) is 1.35. The third kappa shape index (κ3) is 1.04. The number of rotatable bonds is 0. The Morgan fingerprint density at radius 2 is 2.42 bits per heavy atom. The normalized spacial score (nSPS) is 27.9. The van der Waals surface area contributed by atoms with Crippen molar-refractivity contribution in [1.29, 1.82) is 0 Å². The van der Waals surface area contributed by atoms with E-state index in [2.05, 4.69) is 9.35 Å². The van der Waals surface area contributed by atoms with Gasteiger partial charge in [-0.1, -0.05) is 0 Å². The fourth-order valence-electron chi connectivity index (χ4n) is 1.05. The predicted molar refractivity (Wildman–Crippen MR) is 41.0 cm³/mol. The van der Waals surface area contributed by atoms with Crippen molar-refractivity contribution in [2.24, 2.45) is 4.36 Å². The highest BCUT2D eigenvalue weighted by molar-refractivity contribution is 7.92. The lowest BCUT2D eigenvalue weighted by molar-refractivity contribution is 0.0976. The van der Waals surface area contributed by atoms with Crippen LogP contribution in [0.2, 0.25) is 0 Å². The molecule has 1 aliphatic heterocycles. The highest BCUT2D eigenvalue weighted by atomic mass is 32.2. The zero-order valence-electron chi connectivity index (χ0n) is 6.31. The summed E-state index contributed by atoms with van der Waals surface area (Å²) in [4.78, 5) is 14.9. The van der Waals surface area contributed by atoms with Gasteiger partial charge in [-0.2, -0.15) is 4.36 Å². The first kappa shape index (κ1) is 7.48. The van der Waals surface area contributed by atoms with E-state index in [1.54, 1.807) is 0 Å². The molecule has 1 aromatic heterocycles. The van der Waals surface area contributed by atoms with Crippen LogP contribution in [0.3, 0.4) is 0 Å². The zero-order valence-corrected chi connectivity index (χ0v) is 7.13. The molecule has 0 bridgehead atoms. The van der Waals surface area contributed by atoms with Crippen LogP contribution in [0.25, 0.3) is 0 Å². The van der Waals surface area contributed by atoms with Crippen molar-refractivity contribution in [2.75, 3.05) is 6.26 Å². The van der Waals surface area contributed by atoms with Gasteiger partial charge in [-0.15, -0.1) is 0 Å². The van der Waals surface area contributed by atoms with Gasteiger partial charge < -0.3 is 4.42 Å². The Morgan fingerprint density at radius 1 is 1.67 bits per heavy atom. The first-order valence-corrected chi connectivity index (χ1v) is 5.34. The smallest absolute Gasteiger partial charge is 0.322 e. The molecule has 0 radical (unpaired) electrons. The van der Waals surface area contributed by atoms with E-state index in [0.717, 1.165) is 0 Å². The summed E-state index contributed by atoms with van der Waals surface area (Å²) in [6.45, 7) is 0. The number of hydrogen-bond donors (Lipinski definition) is 0. The van der Waals surface area contributed by atoms with Crippen LogP contribution >= 0.6 is 0 Å². The molecule has 2 heterocycles. The minimum atomic E-state index is -2.41. The first-order valence-electron chi connectivity index (χ1n) is 3.25. The Labute approximate surface area is 69.0 Å². The summed E-state index contributed by atoms with van der Waals surface area (Å²) in [6, 6.07) is 0. The molecular weight excluding hydrogens is 180 g/mol. The average molecular weight is 186 g/mol. The molecule has 0 fully saturated rings. The molecule has 0 aromatic carbocycles. The Hall–Kier alpha value is -1.17. The third-order valence-electron chi connectivity index (χ3n) is 1.52. The van der Waals surface area contributed by atoms with E-state index in [1.807, 2.05) is 0 Å². The fraction of sp³-hybridized carbons (Fsp3) is 0.333. The molecule has 0 saturated heterocycles. The maximum atomic E-state index is 11.4. The standard InChI is InChI=1S/C6H6N2O3S/c1-12(10)2-4-5(6(9)8-12)11-3-7-4/h3H,2H2,1H3. The van der Waals surface area contributed by atoms with Crippen LogP contribution in [0.1, 0.15) is 16.2 Å². The lowest BCUT2D eigenvalue weighted by atomic mass is 10.3. The molecule has 1 aromatic rings. The largest absolute Gasteiger partial charge is 0.438 e. The zero-order chi connectivity index (χ0) is 8.77. The number of amides is 1. The molecule has 1 amide bonds. The van der Waals surface area contributed by atoms with Crippen molar-refractivity contribution in [3.05, 3.63) is 17.8 Å². The van der Waals surface area contributed by atoms with Crippen molar-refractivity contribution >= 4 is 15.6 Å². The molecule has 0 N–H and O–H groups in total. The first-order chi connectivity index (χ1) is 5.58. The van der Waals surface area contributed by atoms with E-state index >= 15 is 0 Å². The van der Waals surface area contributed by atoms with Gasteiger partial charge in [0.2, 0.25) is 5.76 Å². The number of hydrogen-bond acceptors (Lipinski definition) is 4. The van der Waals surface area contributed by atoms with Crippen LogP contribution < -0.4 is 0 Å². The second kappa shape index (κ2) is 2.16. The molecule has 12 heavy (non-hydrogen) atoms. The number of nitrogens with zero attached hydrogens (tertiary/aromatic N) is 2. The average Bonchev–Trinajstić information content (AvgIpc) is 2.31. The molecule has 6 heteroatoms. The summed E-state index contributed by atoms with van der Waals surface area (Å²) in [5.41, 5.74) is 0.447.